The summed E-state index contributed by atoms with van der Waals surface area (Å²) >= 11 is 0.904. The number of alkyl halides is 3. The predicted octanol–water partition coefficient (Wildman–Crippen LogP) is 4.17. The first-order chi connectivity index (χ1) is 11.9. The van der Waals surface area contributed by atoms with Crippen LogP contribution in [-0.4, -0.2) is 18.6 Å². The molecule has 1 atom stereocenters. The molecule has 5 nitrogen and oxygen atoms in total. The number of nitrogens with zero attached hydrogens (tertiary/aromatic N) is 2. The molecule has 1 unspecified atom stereocenters. The quantitative estimate of drug-likeness (QED) is 0.555. The highest BCUT2D eigenvalue weighted by molar-refractivity contribution is 7.85. The number of rotatable bonds is 4. The molecule has 3 heterocycles. The van der Waals surface area contributed by atoms with E-state index >= 15 is 0 Å². The maximum absolute atomic E-state index is 12.9. The van der Waals surface area contributed by atoms with E-state index in [9.17, 15) is 17.4 Å². The number of anilines is 1. The Balaban J connectivity index is 1.57. The highest BCUT2D eigenvalue weighted by Crippen LogP contribution is 2.35. The Kier molecular flexibility index (Phi) is 3.80. The lowest BCUT2D eigenvalue weighted by Gasteiger charge is -2.03. The van der Waals surface area contributed by atoms with E-state index in [-0.39, 0.29) is 16.4 Å². The van der Waals surface area contributed by atoms with E-state index in [1.54, 1.807) is 6.20 Å². The zero-order valence-corrected chi connectivity index (χ0v) is 14.1. The fraction of sp³-hybridized carbons (Fsp3) is 0.133. The van der Waals surface area contributed by atoms with Crippen molar-refractivity contribution < 1.29 is 17.4 Å². The third kappa shape index (κ3) is 2.91. The zero-order valence-electron chi connectivity index (χ0n) is 12.5. The van der Waals surface area contributed by atoms with Crippen LogP contribution in [0.15, 0.2) is 42.2 Å². The molecule has 0 fully saturated rings. The molecular formula is C15H11F3N4OS2. The molecule has 3 aromatic heterocycles. The lowest BCUT2D eigenvalue weighted by Crippen LogP contribution is -2.08. The number of hydrogen-bond donors (Lipinski definition) is 2. The Morgan fingerprint density at radius 3 is 2.92 bits per heavy atom. The molecule has 2 N–H and O–H groups in total. The number of aromatic amines is 1. The number of imidazole rings is 1. The van der Waals surface area contributed by atoms with E-state index < -0.39 is 22.9 Å². The van der Waals surface area contributed by atoms with Crippen LogP contribution in [0.25, 0.3) is 15.7 Å². The average molecular weight is 384 g/mol. The zero-order chi connectivity index (χ0) is 17.6. The van der Waals surface area contributed by atoms with Gasteiger partial charge in [0.15, 0.2) is 5.82 Å². The standard InChI is InChI=1S/C15H11F3N4OS2/c16-15(17,18)12-6-24-14-13(20-8-22(12)14)21-25(23)7-9-5-19-11-4-2-1-3-10(9)11/h1-6,8,19,21H,7H2. The summed E-state index contributed by atoms with van der Waals surface area (Å²) in [4.78, 5) is 7.30. The van der Waals surface area contributed by atoms with Gasteiger partial charge in [0.1, 0.15) is 27.8 Å². The van der Waals surface area contributed by atoms with Gasteiger partial charge in [0.25, 0.3) is 0 Å². The fourth-order valence-corrected chi connectivity index (χ4v) is 4.57. The van der Waals surface area contributed by atoms with Crippen LogP contribution in [0.3, 0.4) is 0 Å². The Morgan fingerprint density at radius 2 is 2.12 bits per heavy atom. The van der Waals surface area contributed by atoms with Crippen molar-refractivity contribution in [1.29, 1.82) is 0 Å². The Hall–Kier alpha value is -2.33. The van der Waals surface area contributed by atoms with Crippen LogP contribution < -0.4 is 4.72 Å². The highest BCUT2D eigenvalue weighted by atomic mass is 32.2. The number of hydrogen-bond acceptors (Lipinski definition) is 3. The van der Waals surface area contributed by atoms with Crippen molar-refractivity contribution in [1.82, 2.24) is 14.4 Å². The predicted molar refractivity (Wildman–Crippen MR) is 91.8 cm³/mol. The Bertz CT molecular complexity index is 1080. The lowest BCUT2D eigenvalue weighted by molar-refractivity contribution is -0.141. The molecule has 0 saturated carbocycles. The third-order valence-corrected chi connectivity index (χ3v) is 5.68. The molecular weight excluding hydrogens is 373 g/mol. The summed E-state index contributed by atoms with van der Waals surface area (Å²) in [5.41, 5.74) is 1.00. The van der Waals surface area contributed by atoms with Crippen LogP contribution in [0.4, 0.5) is 19.0 Å². The van der Waals surface area contributed by atoms with Crippen molar-refractivity contribution >= 4 is 43.9 Å². The maximum atomic E-state index is 12.9. The molecule has 0 amide bonds. The average Bonchev–Trinajstić information content (AvgIpc) is 3.23. The SMILES string of the molecule is O=S(Cc1c[nH]c2ccccc12)Nc1ncn2c(C(F)(F)F)csc12. The van der Waals surface area contributed by atoms with Gasteiger partial charge in [0.2, 0.25) is 0 Å². The van der Waals surface area contributed by atoms with Gasteiger partial charge in [0.05, 0.1) is 5.75 Å². The largest absolute Gasteiger partial charge is 0.432 e. The van der Waals surface area contributed by atoms with Crippen molar-refractivity contribution in [2.24, 2.45) is 0 Å². The van der Waals surface area contributed by atoms with E-state index in [0.717, 1.165) is 43.9 Å². The van der Waals surface area contributed by atoms with Gasteiger partial charge in [-0.1, -0.05) is 18.2 Å². The van der Waals surface area contributed by atoms with Crippen molar-refractivity contribution in [3.8, 4) is 0 Å². The molecule has 0 aliphatic rings. The summed E-state index contributed by atoms with van der Waals surface area (Å²) in [6.45, 7) is 0. The minimum absolute atomic E-state index is 0.179. The molecule has 0 aliphatic heterocycles. The number of aromatic nitrogens is 3. The molecule has 0 radical (unpaired) electrons. The van der Waals surface area contributed by atoms with E-state index in [2.05, 4.69) is 14.7 Å². The van der Waals surface area contributed by atoms with E-state index in [0.29, 0.717) is 0 Å². The van der Waals surface area contributed by atoms with Gasteiger partial charge >= 0.3 is 6.18 Å². The molecule has 0 bridgehead atoms. The molecule has 0 saturated heterocycles. The van der Waals surface area contributed by atoms with Gasteiger partial charge in [0, 0.05) is 22.5 Å². The third-order valence-electron chi connectivity index (χ3n) is 3.73. The smallest absolute Gasteiger partial charge is 0.361 e. The molecule has 0 aliphatic carbocycles. The first-order valence-corrected chi connectivity index (χ1v) is 9.35. The summed E-state index contributed by atoms with van der Waals surface area (Å²) in [5.74, 6) is 0.388. The molecule has 4 aromatic rings. The fourth-order valence-electron chi connectivity index (χ4n) is 2.60. The van der Waals surface area contributed by atoms with Crippen molar-refractivity contribution in [3.63, 3.8) is 0 Å². The number of fused-ring (bicyclic) bond motifs is 2. The molecule has 1 aromatic carbocycles. The highest BCUT2D eigenvalue weighted by Gasteiger charge is 2.35. The van der Waals surface area contributed by atoms with Crippen LogP contribution in [0.2, 0.25) is 0 Å². The number of halogens is 3. The van der Waals surface area contributed by atoms with Gasteiger partial charge in [-0.05, 0) is 11.6 Å². The topological polar surface area (TPSA) is 62.2 Å². The van der Waals surface area contributed by atoms with Gasteiger partial charge in [-0.3, -0.25) is 9.12 Å². The molecule has 4 rings (SSSR count). The monoisotopic (exact) mass is 384 g/mol. The molecule has 10 heteroatoms. The van der Waals surface area contributed by atoms with Crippen molar-refractivity contribution in [2.45, 2.75) is 11.9 Å². The number of para-hydroxylation sites is 1. The van der Waals surface area contributed by atoms with E-state index in [1.807, 2.05) is 24.3 Å². The number of nitrogens with one attached hydrogen (secondary N) is 2. The second kappa shape index (κ2) is 5.88. The minimum atomic E-state index is -4.46. The van der Waals surface area contributed by atoms with Crippen LogP contribution in [0.5, 0.6) is 0 Å². The van der Waals surface area contributed by atoms with Gasteiger partial charge in [-0.15, -0.1) is 11.3 Å². The summed E-state index contributed by atoms with van der Waals surface area (Å²) in [6, 6.07) is 7.62. The first kappa shape index (κ1) is 16.2. The van der Waals surface area contributed by atoms with E-state index in [1.165, 1.54) is 0 Å². The number of thiazole rings is 1. The molecule has 25 heavy (non-hydrogen) atoms. The maximum Gasteiger partial charge on any atom is 0.432 e. The summed E-state index contributed by atoms with van der Waals surface area (Å²) < 4.78 is 54.7. The summed E-state index contributed by atoms with van der Waals surface area (Å²) in [6.07, 6.45) is -1.60. The summed E-state index contributed by atoms with van der Waals surface area (Å²) in [5, 5.41) is 1.98. The normalized spacial score (nSPS) is 13.6. The lowest BCUT2D eigenvalue weighted by atomic mass is 10.2. The van der Waals surface area contributed by atoms with Crippen LogP contribution >= 0.6 is 11.3 Å². The van der Waals surface area contributed by atoms with Crippen LogP contribution in [0.1, 0.15) is 11.3 Å². The Morgan fingerprint density at radius 1 is 1.32 bits per heavy atom. The van der Waals surface area contributed by atoms with E-state index in [4.69, 9.17) is 0 Å². The second-order valence-electron chi connectivity index (χ2n) is 5.34. The Labute approximate surface area is 146 Å². The second-order valence-corrected chi connectivity index (χ2v) is 7.38. The van der Waals surface area contributed by atoms with Gasteiger partial charge < -0.3 is 4.98 Å². The number of benzene rings is 1. The van der Waals surface area contributed by atoms with Crippen LogP contribution in [-0.2, 0) is 22.9 Å². The van der Waals surface area contributed by atoms with Crippen LogP contribution in [0, 0.1) is 0 Å². The van der Waals surface area contributed by atoms with Gasteiger partial charge in [-0.25, -0.2) is 9.19 Å². The van der Waals surface area contributed by atoms with Crippen molar-refractivity contribution in [2.75, 3.05) is 4.72 Å². The van der Waals surface area contributed by atoms with Crippen molar-refractivity contribution in [3.05, 3.63) is 53.4 Å². The first-order valence-electron chi connectivity index (χ1n) is 7.15. The molecule has 130 valence electrons. The minimum Gasteiger partial charge on any atom is -0.361 e. The number of H-pyrrole nitrogens is 1. The summed E-state index contributed by atoms with van der Waals surface area (Å²) in [7, 11) is -1.52. The molecule has 0 spiro atoms. The van der Waals surface area contributed by atoms with Gasteiger partial charge in [-0.2, -0.15) is 13.2 Å².